The zero-order valence-corrected chi connectivity index (χ0v) is 9.62. The van der Waals surface area contributed by atoms with E-state index in [0.29, 0.717) is 12.0 Å². The molecule has 1 heterocycles. The molecule has 0 bridgehead atoms. The number of aromatic nitrogens is 2. The third kappa shape index (κ3) is 3.50. The summed E-state index contributed by atoms with van der Waals surface area (Å²) in [5, 5.41) is 7.72. The molecule has 0 aromatic carbocycles. The van der Waals surface area contributed by atoms with Crippen molar-refractivity contribution in [3.63, 3.8) is 0 Å². The Kier molecular flexibility index (Phi) is 4.14. The van der Waals surface area contributed by atoms with E-state index in [-0.39, 0.29) is 0 Å². The van der Waals surface area contributed by atoms with E-state index in [1.54, 1.807) is 0 Å². The van der Waals surface area contributed by atoms with Gasteiger partial charge in [-0.1, -0.05) is 13.8 Å². The molecule has 1 atom stereocenters. The fraction of sp³-hybridized carbons (Fsp3) is 0.727. The molecule has 1 rings (SSSR count). The van der Waals surface area contributed by atoms with E-state index in [0.717, 1.165) is 13.1 Å². The van der Waals surface area contributed by atoms with Crippen LogP contribution in [0.1, 0.15) is 32.4 Å². The van der Waals surface area contributed by atoms with Crippen LogP contribution in [0.15, 0.2) is 12.4 Å². The van der Waals surface area contributed by atoms with Crippen molar-refractivity contribution in [1.29, 1.82) is 0 Å². The second kappa shape index (κ2) is 5.15. The third-order valence-corrected chi connectivity index (χ3v) is 2.17. The molecule has 0 fully saturated rings. The Morgan fingerprint density at radius 3 is 2.57 bits per heavy atom. The predicted octanol–water partition coefficient (Wildman–Crippen LogP) is 2.00. The van der Waals surface area contributed by atoms with Crippen LogP contribution in [0.4, 0.5) is 0 Å². The van der Waals surface area contributed by atoms with E-state index in [1.165, 1.54) is 5.56 Å². The monoisotopic (exact) mass is 195 g/mol. The van der Waals surface area contributed by atoms with Gasteiger partial charge in [0.15, 0.2) is 0 Å². The number of aryl methyl sites for hydroxylation is 1. The quantitative estimate of drug-likeness (QED) is 0.778. The standard InChI is InChI=1S/C11H21N3/c1-9(2)5-12-7-11(4)14-8-10(3)6-13-14/h6,8-9,11-12H,5,7H2,1-4H3. The maximum Gasteiger partial charge on any atom is 0.0615 e. The molecule has 0 amide bonds. The fourth-order valence-electron chi connectivity index (χ4n) is 1.35. The summed E-state index contributed by atoms with van der Waals surface area (Å²) in [6.45, 7) is 10.7. The molecule has 0 saturated carbocycles. The van der Waals surface area contributed by atoms with Crippen molar-refractivity contribution in [2.24, 2.45) is 5.92 Å². The van der Waals surface area contributed by atoms with E-state index in [2.05, 4.69) is 44.3 Å². The summed E-state index contributed by atoms with van der Waals surface area (Å²) in [6, 6.07) is 0.433. The van der Waals surface area contributed by atoms with E-state index in [9.17, 15) is 0 Å². The summed E-state index contributed by atoms with van der Waals surface area (Å²) < 4.78 is 2.02. The smallest absolute Gasteiger partial charge is 0.0615 e. The topological polar surface area (TPSA) is 29.9 Å². The van der Waals surface area contributed by atoms with Gasteiger partial charge in [-0.05, 0) is 31.9 Å². The molecular formula is C11H21N3. The van der Waals surface area contributed by atoms with E-state index in [1.807, 2.05) is 10.9 Å². The van der Waals surface area contributed by atoms with Crippen molar-refractivity contribution in [3.05, 3.63) is 18.0 Å². The summed E-state index contributed by atoms with van der Waals surface area (Å²) in [7, 11) is 0. The minimum atomic E-state index is 0.433. The molecule has 0 spiro atoms. The second-order valence-corrected chi connectivity index (χ2v) is 4.40. The third-order valence-electron chi connectivity index (χ3n) is 2.17. The highest BCUT2D eigenvalue weighted by Gasteiger charge is 2.04. The minimum Gasteiger partial charge on any atom is -0.314 e. The van der Waals surface area contributed by atoms with Crippen molar-refractivity contribution in [2.75, 3.05) is 13.1 Å². The molecule has 80 valence electrons. The first kappa shape index (κ1) is 11.2. The Bertz CT molecular complexity index is 265. The van der Waals surface area contributed by atoms with Gasteiger partial charge in [-0.2, -0.15) is 5.10 Å². The summed E-state index contributed by atoms with van der Waals surface area (Å²) in [6.07, 6.45) is 3.99. The molecular weight excluding hydrogens is 174 g/mol. The molecule has 1 unspecified atom stereocenters. The van der Waals surface area contributed by atoms with Gasteiger partial charge >= 0.3 is 0 Å². The zero-order chi connectivity index (χ0) is 10.6. The van der Waals surface area contributed by atoms with Crippen molar-refractivity contribution in [1.82, 2.24) is 15.1 Å². The van der Waals surface area contributed by atoms with Gasteiger partial charge in [0, 0.05) is 12.7 Å². The van der Waals surface area contributed by atoms with Crippen LogP contribution in [0.5, 0.6) is 0 Å². The van der Waals surface area contributed by atoms with Crippen molar-refractivity contribution in [2.45, 2.75) is 33.7 Å². The first-order valence-electron chi connectivity index (χ1n) is 5.31. The van der Waals surface area contributed by atoms with Crippen LogP contribution in [-0.4, -0.2) is 22.9 Å². The van der Waals surface area contributed by atoms with Gasteiger partial charge in [0.05, 0.1) is 12.2 Å². The SMILES string of the molecule is Cc1cnn(C(C)CNCC(C)C)c1. The number of hydrogen-bond donors (Lipinski definition) is 1. The lowest BCUT2D eigenvalue weighted by Crippen LogP contribution is -2.27. The van der Waals surface area contributed by atoms with Gasteiger partial charge in [0.25, 0.3) is 0 Å². The van der Waals surface area contributed by atoms with Crippen molar-refractivity contribution >= 4 is 0 Å². The lowest BCUT2D eigenvalue weighted by Gasteiger charge is -2.14. The molecule has 14 heavy (non-hydrogen) atoms. The Morgan fingerprint density at radius 2 is 2.07 bits per heavy atom. The molecule has 1 N–H and O–H groups in total. The molecule has 0 saturated heterocycles. The van der Waals surface area contributed by atoms with E-state index in [4.69, 9.17) is 0 Å². The molecule has 0 aliphatic heterocycles. The number of nitrogens with one attached hydrogen (secondary N) is 1. The highest BCUT2D eigenvalue weighted by molar-refractivity contribution is 5.00. The minimum absolute atomic E-state index is 0.433. The van der Waals surface area contributed by atoms with E-state index >= 15 is 0 Å². The van der Waals surface area contributed by atoms with Crippen LogP contribution >= 0.6 is 0 Å². The first-order chi connectivity index (χ1) is 6.59. The summed E-state index contributed by atoms with van der Waals surface area (Å²) in [5.41, 5.74) is 1.22. The van der Waals surface area contributed by atoms with Gasteiger partial charge < -0.3 is 5.32 Å². The van der Waals surface area contributed by atoms with Crippen LogP contribution in [0, 0.1) is 12.8 Å². The summed E-state index contributed by atoms with van der Waals surface area (Å²) >= 11 is 0. The van der Waals surface area contributed by atoms with Crippen molar-refractivity contribution < 1.29 is 0 Å². The van der Waals surface area contributed by atoms with Crippen LogP contribution in [-0.2, 0) is 0 Å². The first-order valence-corrected chi connectivity index (χ1v) is 5.31. The normalized spacial score (nSPS) is 13.5. The maximum absolute atomic E-state index is 4.29. The highest BCUT2D eigenvalue weighted by atomic mass is 15.3. The number of hydrogen-bond acceptors (Lipinski definition) is 2. The zero-order valence-electron chi connectivity index (χ0n) is 9.62. The summed E-state index contributed by atoms with van der Waals surface area (Å²) in [4.78, 5) is 0. The van der Waals surface area contributed by atoms with Gasteiger partial charge in [0.1, 0.15) is 0 Å². The average molecular weight is 195 g/mol. The Hall–Kier alpha value is -0.830. The lowest BCUT2D eigenvalue weighted by molar-refractivity contribution is 0.434. The molecule has 0 radical (unpaired) electrons. The Balaban J connectivity index is 2.32. The molecule has 3 heteroatoms. The Morgan fingerprint density at radius 1 is 1.36 bits per heavy atom. The van der Waals surface area contributed by atoms with Gasteiger partial charge in [-0.15, -0.1) is 0 Å². The average Bonchev–Trinajstić information content (AvgIpc) is 2.51. The van der Waals surface area contributed by atoms with Gasteiger partial charge in [0.2, 0.25) is 0 Å². The second-order valence-electron chi connectivity index (χ2n) is 4.40. The largest absolute Gasteiger partial charge is 0.314 e. The van der Waals surface area contributed by atoms with Gasteiger partial charge in [-0.3, -0.25) is 4.68 Å². The van der Waals surface area contributed by atoms with Crippen molar-refractivity contribution in [3.8, 4) is 0 Å². The number of rotatable bonds is 5. The molecule has 0 aliphatic carbocycles. The number of nitrogens with zero attached hydrogens (tertiary/aromatic N) is 2. The van der Waals surface area contributed by atoms with Crippen LogP contribution in [0.2, 0.25) is 0 Å². The van der Waals surface area contributed by atoms with Gasteiger partial charge in [-0.25, -0.2) is 0 Å². The van der Waals surface area contributed by atoms with Crippen LogP contribution in [0.3, 0.4) is 0 Å². The molecule has 1 aromatic heterocycles. The Labute approximate surface area is 86.5 Å². The molecule has 0 aliphatic rings. The predicted molar refractivity (Wildman–Crippen MR) is 59.4 cm³/mol. The summed E-state index contributed by atoms with van der Waals surface area (Å²) in [5.74, 6) is 0.710. The lowest BCUT2D eigenvalue weighted by atomic mass is 10.2. The van der Waals surface area contributed by atoms with E-state index < -0.39 is 0 Å². The highest BCUT2D eigenvalue weighted by Crippen LogP contribution is 2.04. The maximum atomic E-state index is 4.29. The molecule has 3 nitrogen and oxygen atoms in total. The van der Waals surface area contributed by atoms with Crippen LogP contribution < -0.4 is 5.32 Å². The van der Waals surface area contributed by atoms with Crippen LogP contribution in [0.25, 0.3) is 0 Å². The molecule has 1 aromatic rings. The fourth-order valence-corrected chi connectivity index (χ4v) is 1.35.